The van der Waals surface area contributed by atoms with Gasteiger partial charge in [-0.25, -0.2) is 4.79 Å². The summed E-state index contributed by atoms with van der Waals surface area (Å²) in [5.74, 6) is -0.258. The van der Waals surface area contributed by atoms with Crippen LogP contribution in [-0.2, 0) is 11.2 Å². The summed E-state index contributed by atoms with van der Waals surface area (Å²) in [6.45, 7) is 1.90. The molecule has 3 nitrogen and oxygen atoms in total. The summed E-state index contributed by atoms with van der Waals surface area (Å²) in [5.41, 5.74) is 2.71. The number of nitrogens with zero attached hydrogens (tertiary/aromatic N) is 1. The van der Waals surface area contributed by atoms with Crippen molar-refractivity contribution in [3.8, 4) is 0 Å². The molecule has 0 aliphatic carbocycles. The average Bonchev–Trinajstić information content (AvgIpc) is 2.27. The zero-order valence-electron chi connectivity index (χ0n) is 9.18. The van der Waals surface area contributed by atoms with E-state index in [1.165, 1.54) is 0 Å². The predicted octanol–water partition coefficient (Wildman–Crippen LogP) is 1.95. The van der Waals surface area contributed by atoms with Gasteiger partial charge in [-0.1, -0.05) is 35.9 Å². The van der Waals surface area contributed by atoms with E-state index in [0.29, 0.717) is 18.6 Å². The zero-order valence-corrected chi connectivity index (χ0v) is 9.18. The molecule has 16 heavy (non-hydrogen) atoms. The van der Waals surface area contributed by atoms with Crippen molar-refractivity contribution in [2.24, 2.45) is 0 Å². The molecule has 0 fully saturated rings. The monoisotopic (exact) mass is 216 g/mol. The van der Waals surface area contributed by atoms with E-state index in [2.05, 4.69) is 0 Å². The summed E-state index contributed by atoms with van der Waals surface area (Å²) in [6.07, 6.45) is 2.74. The quantitative estimate of drug-likeness (QED) is 0.466. The van der Waals surface area contributed by atoms with Crippen molar-refractivity contribution >= 4 is 11.6 Å². The molecule has 0 saturated carbocycles. The first kappa shape index (κ1) is 10.6. The molecule has 1 aliphatic heterocycles. The van der Waals surface area contributed by atoms with E-state index in [-0.39, 0.29) is 5.91 Å². The number of rotatable bonds is 2. The molecule has 0 spiro atoms. The number of carbonyl (C=O) groups excluding carboxylic acids is 1. The molecule has 1 aromatic rings. The van der Waals surface area contributed by atoms with E-state index in [0.717, 1.165) is 15.9 Å². The number of hydrogen-bond donors (Lipinski definition) is 1. The van der Waals surface area contributed by atoms with Crippen LogP contribution in [0, 0.1) is 0 Å². The van der Waals surface area contributed by atoms with Crippen molar-refractivity contribution in [3.63, 3.8) is 0 Å². The molecule has 0 unspecified atom stereocenters. The molecule has 0 saturated heterocycles. The van der Waals surface area contributed by atoms with E-state index < -0.39 is 0 Å². The van der Waals surface area contributed by atoms with Gasteiger partial charge < -0.3 is 0 Å². The Hall–Kier alpha value is -1.90. The summed E-state index contributed by atoms with van der Waals surface area (Å²) in [6, 6.07) is 9.78. The molecule has 2 rings (SSSR count). The van der Waals surface area contributed by atoms with E-state index in [9.17, 15) is 10.0 Å². The number of allylic oxidation sites excluding steroid dienone is 1. The Bertz CT molecular complexity index is 472. The molecular weight excluding hydrogens is 202 g/mol. The fraction of sp³-hybridized carbons (Fsp3) is 0.231. The minimum atomic E-state index is -0.258. The Morgan fingerprint density at radius 3 is 2.69 bits per heavy atom. The Balaban J connectivity index is 2.27. The zero-order chi connectivity index (χ0) is 11.5. The largest absolute Gasteiger partial charge is 0.438 e. The lowest BCUT2D eigenvalue weighted by Gasteiger charge is -2.05. The predicted molar refractivity (Wildman–Crippen MR) is 60.6 cm³/mol. The van der Waals surface area contributed by atoms with Gasteiger partial charge in [-0.2, -0.15) is 0 Å². The van der Waals surface area contributed by atoms with Crippen molar-refractivity contribution in [2.75, 3.05) is 0 Å². The highest BCUT2D eigenvalue weighted by Gasteiger charge is 2.27. The Labute approximate surface area is 94.3 Å². The van der Waals surface area contributed by atoms with E-state index in [4.69, 9.17) is 0 Å². The fourth-order valence-corrected chi connectivity index (χ4v) is 1.80. The van der Waals surface area contributed by atoms with Crippen molar-refractivity contribution in [1.82, 2.24) is 0 Å². The fourth-order valence-electron chi connectivity index (χ4n) is 1.80. The maximum Gasteiger partial charge on any atom is 0.438 e. The second kappa shape index (κ2) is 4.31. The summed E-state index contributed by atoms with van der Waals surface area (Å²) < 4.78 is 0.764. The normalized spacial score (nSPS) is 16.3. The third kappa shape index (κ3) is 2.19. The summed E-state index contributed by atoms with van der Waals surface area (Å²) in [5, 5.41) is 9.62. The van der Waals surface area contributed by atoms with Crippen LogP contribution in [0.1, 0.15) is 18.9 Å². The summed E-state index contributed by atoms with van der Waals surface area (Å²) in [7, 11) is 0. The number of benzene rings is 1. The Morgan fingerprint density at radius 2 is 2.00 bits per heavy atom. The van der Waals surface area contributed by atoms with Gasteiger partial charge in [-0.05, 0) is 12.5 Å². The van der Waals surface area contributed by atoms with Crippen LogP contribution >= 0.6 is 0 Å². The second-order valence-electron chi connectivity index (χ2n) is 4.03. The molecule has 1 aromatic carbocycles. The van der Waals surface area contributed by atoms with Crippen molar-refractivity contribution in [3.05, 3.63) is 47.5 Å². The number of carbonyl (C=O) groups is 1. The van der Waals surface area contributed by atoms with Gasteiger partial charge in [-0.3, -0.25) is 5.21 Å². The molecule has 0 bridgehead atoms. The van der Waals surface area contributed by atoms with Gasteiger partial charge in [0.05, 0.1) is 6.42 Å². The lowest BCUT2D eigenvalue weighted by atomic mass is 10.0. The van der Waals surface area contributed by atoms with Crippen LogP contribution in [-0.4, -0.2) is 21.6 Å². The lowest BCUT2D eigenvalue weighted by Crippen LogP contribution is -2.29. The molecule has 0 aromatic heterocycles. The molecule has 1 heterocycles. The number of amides is 1. The standard InChI is InChI=1S/C13H14NO2/c1-10-7-12(14(16)13(15)8-10)9-11-5-3-2-4-6-11/h2-7,16H,8-9H2,1H3/q+1. The highest BCUT2D eigenvalue weighted by atomic mass is 16.5. The molecule has 1 aliphatic rings. The lowest BCUT2D eigenvalue weighted by molar-refractivity contribution is -0.706. The Morgan fingerprint density at radius 1 is 1.31 bits per heavy atom. The molecular formula is C13H14NO2+. The first-order valence-corrected chi connectivity index (χ1v) is 5.25. The molecule has 1 N–H and O–H groups in total. The van der Waals surface area contributed by atoms with Crippen LogP contribution in [0.25, 0.3) is 0 Å². The van der Waals surface area contributed by atoms with Crippen molar-refractivity contribution in [2.45, 2.75) is 19.8 Å². The van der Waals surface area contributed by atoms with E-state index >= 15 is 0 Å². The van der Waals surface area contributed by atoms with Crippen LogP contribution in [0.2, 0.25) is 0 Å². The van der Waals surface area contributed by atoms with Crippen LogP contribution in [0.4, 0.5) is 0 Å². The smallest absolute Gasteiger partial charge is 0.282 e. The third-order valence-corrected chi connectivity index (χ3v) is 2.58. The topological polar surface area (TPSA) is 40.3 Å². The summed E-state index contributed by atoms with van der Waals surface area (Å²) >= 11 is 0. The van der Waals surface area contributed by atoms with Gasteiger partial charge in [0, 0.05) is 10.8 Å². The molecule has 1 amide bonds. The highest BCUT2D eigenvalue weighted by Crippen LogP contribution is 2.11. The average molecular weight is 216 g/mol. The molecule has 0 atom stereocenters. The minimum absolute atomic E-state index is 0.258. The van der Waals surface area contributed by atoms with Crippen molar-refractivity contribution < 1.29 is 14.7 Å². The second-order valence-corrected chi connectivity index (χ2v) is 4.03. The first-order chi connectivity index (χ1) is 7.66. The molecule has 3 heteroatoms. The minimum Gasteiger partial charge on any atom is -0.282 e. The first-order valence-electron chi connectivity index (χ1n) is 5.25. The van der Waals surface area contributed by atoms with Crippen LogP contribution in [0.3, 0.4) is 0 Å². The van der Waals surface area contributed by atoms with Gasteiger partial charge >= 0.3 is 5.91 Å². The van der Waals surface area contributed by atoms with Gasteiger partial charge in [-0.15, -0.1) is 0 Å². The highest BCUT2D eigenvalue weighted by molar-refractivity contribution is 5.98. The number of hydroxylamine groups is 1. The van der Waals surface area contributed by atoms with Gasteiger partial charge in [0.25, 0.3) is 0 Å². The number of hydrogen-bond acceptors (Lipinski definition) is 2. The van der Waals surface area contributed by atoms with E-state index in [1.807, 2.05) is 43.3 Å². The maximum absolute atomic E-state index is 11.4. The SMILES string of the molecule is CC1=CC(Cc2ccccc2)=[N+](O)C(=O)C1. The van der Waals surface area contributed by atoms with Crippen LogP contribution < -0.4 is 0 Å². The summed E-state index contributed by atoms with van der Waals surface area (Å²) in [4.78, 5) is 11.4. The molecule has 82 valence electrons. The van der Waals surface area contributed by atoms with Gasteiger partial charge in [0.15, 0.2) is 0 Å². The van der Waals surface area contributed by atoms with Gasteiger partial charge in [0.2, 0.25) is 5.71 Å². The maximum atomic E-state index is 11.4. The molecule has 0 radical (unpaired) electrons. The van der Waals surface area contributed by atoms with Crippen LogP contribution in [0.15, 0.2) is 42.0 Å². The van der Waals surface area contributed by atoms with Crippen molar-refractivity contribution in [1.29, 1.82) is 0 Å². The third-order valence-electron chi connectivity index (χ3n) is 2.58. The Kier molecular flexibility index (Phi) is 2.86. The van der Waals surface area contributed by atoms with Crippen LogP contribution in [0.5, 0.6) is 0 Å². The van der Waals surface area contributed by atoms with E-state index in [1.54, 1.807) is 0 Å². The van der Waals surface area contributed by atoms with Gasteiger partial charge in [0.1, 0.15) is 6.42 Å².